The molecular formula is C8H15N4O14P3. The van der Waals surface area contributed by atoms with E-state index in [1.54, 1.807) is 0 Å². The highest BCUT2D eigenvalue weighted by molar-refractivity contribution is 7.66. The minimum absolute atomic E-state index is 0.424. The van der Waals surface area contributed by atoms with Crippen LogP contribution in [-0.2, 0) is 31.6 Å². The van der Waals surface area contributed by atoms with Crippen molar-refractivity contribution >= 4 is 29.4 Å². The Labute approximate surface area is 160 Å². The predicted molar refractivity (Wildman–Crippen MR) is 84.3 cm³/mol. The van der Waals surface area contributed by atoms with Gasteiger partial charge in [0.2, 0.25) is 5.82 Å². The highest BCUT2D eigenvalue weighted by atomic mass is 31.3. The fourth-order valence-electron chi connectivity index (χ4n) is 2.07. The number of hydrogen-bond acceptors (Lipinski definition) is 12. The van der Waals surface area contributed by atoms with Gasteiger partial charge in [0.05, 0.1) is 6.61 Å². The van der Waals surface area contributed by atoms with Crippen LogP contribution in [0.15, 0.2) is 6.33 Å². The minimum atomic E-state index is -5.71. The van der Waals surface area contributed by atoms with Gasteiger partial charge in [-0.05, 0) is 0 Å². The van der Waals surface area contributed by atoms with Crippen LogP contribution in [0.4, 0.5) is 0 Å². The third-order valence-electron chi connectivity index (χ3n) is 3.14. The summed E-state index contributed by atoms with van der Waals surface area (Å²) < 4.78 is 50.8. The van der Waals surface area contributed by atoms with Crippen molar-refractivity contribution in [2.45, 2.75) is 24.5 Å². The molecule has 0 spiro atoms. The van der Waals surface area contributed by atoms with Gasteiger partial charge in [-0.3, -0.25) is 9.32 Å². The minimum Gasteiger partial charge on any atom is -0.387 e. The maximum Gasteiger partial charge on any atom is 0.490 e. The molecule has 166 valence electrons. The normalized spacial score (nSPS) is 29.3. The molecule has 1 aliphatic rings. The standard InChI is InChI=1S/C8H15N4O14P3/c9-6(15)7-10-2-12(11-7)8-5(14)4(13)3(24-8)1-23-28(19,20)26-29(21,22)25-27(16,17)18/h2-5,8,13-14H,1H2,(H2,9,15)(H,19,20)(H,21,22)(H2,16,17,18)/t3-,4?,5?,8-/m1/s1. The Kier molecular flexibility index (Phi) is 7.14. The molecule has 0 saturated carbocycles. The van der Waals surface area contributed by atoms with E-state index >= 15 is 0 Å². The molecule has 0 bridgehead atoms. The fraction of sp³-hybridized carbons (Fsp3) is 0.625. The summed E-state index contributed by atoms with van der Waals surface area (Å²) in [6.45, 7) is -1.00. The molecule has 6 atom stereocenters. The SMILES string of the molecule is NC(=O)c1ncn([C@@H]2O[C@H](COP(=O)(O)OP(=O)(O)OP(=O)(O)O)C(O)C2O)n1. The molecule has 1 fully saturated rings. The molecule has 2 rings (SSSR count). The van der Waals surface area contributed by atoms with E-state index in [1.807, 2.05) is 0 Å². The predicted octanol–water partition coefficient (Wildman–Crippen LogP) is -2.66. The Morgan fingerprint density at radius 3 is 2.28 bits per heavy atom. The van der Waals surface area contributed by atoms with Crippen LogP contribution in [0.25, 0.3) is 0 Å². The second-order valence-electron chi connectivity index (χ2n) is 5.35. The number of aliphatic hydroxyl groups excluding tert-OH is 2. The number of phosphoric acid groups is 3. The number of aromatic nitrogens is 3. The molecule has 2 heterocycles. The molecule has 8 N–H and O–H groups in total. The first-order chi connectivity index (χ1) is 13.1. The second kappa shape index (κ2) is 8.56. The average Bonchev–Trinajstić information content (AvgIpc) is 3.09. The van der Waals surface area contributed by atoms with Gasteiger partial charge in [0, 0.05) is 0 Å². The lowest BCUT2D eigenvalue weighted by Crippen LogP contribution is -2.33. The number of carbonyl (C=O) groups excluding carboxylic acids is 1. The fourth-order valence-corrected chi connectivity index (χ4v) is 5.10. The van der Waals surface area contributed by atoms with Crippen LogP contribution < -0.4 is 5.73 Å². The van der Waals surface area contributed by atoms with Crippen molar-refractivity contribution in [3.8, 4) is 0 Å². The van der Waals surface area contributed by atoms with E-state index in [-0.39, 0.29) is 0 Å². The number of phosphoric ester groups is 1. The molecule has 1 aromatic heterocycles. The van der Waals surface area contributed by atoms with E-state index in [9.17, 15) is 33.6 Å². The van der Waals surface area contributed by atoms with E-state index in [2.05, 4.69) is 23.2 Å². The Hall–Kier alpha value is -1.10. The largest absolute Gasteiger partial charge is 0.490 e. The zero-order chi connectivity index (χ0) is 22.2. The molecule has 1 aromatic rings. The van der Waals surface area contributed by atoms with Crippen LogP contribution in [-0.4, -0.2) is 75.4 Å². The first-order valence-corrected chi connectivity index (χ1v) is 11.6. The van der Waals surface area contributed by atoms with Crippen molar-refractivity contribution in [3.63, 3.8) is 0 Å². The molecule has 1 amide bonds. The number of primary amides is 1. The number of nitrogens with two attached hydrogens (primary N) is 1. The quantitative estimate of drug-likeness (QED) is 0.176. The topological polar surface area (TPSA) is 283 Å². The molecule has 0 aliphatic carbocycles. The summed E-state index contributed by atoms with van der Waals surface area (Å²) in [6.07, 6.45) is -5.38. The zero-order valence-electron chi connectivity index (χ0n) is 13.8. The van der Waals surface area contributed by atoms with Gasteiger partial charge in [0.1, 0.15) is 24.6 Å². The van der Waals surface area contributed by atoms with Gasteiger partial charge in [0.25, 0.3) is 5.91 Å². The van der Waals surface area contributed by atoms with Crippen LogP contribution in [0.5, 0.6) is 0 Å². The van der Waals surface area contributed by atoms with Gasteiger partial charge in [-0.25, -0.2) is 23.4 Å². The van der Waals surface area contributed by atoms with Gasteiger partial charge >= 0.3 is 23.5 Å². The van der Waals surface area contributed by atoms with Crippen LogP contribution in [0, 0.1) is 0 Å². The summed E-state index contributed by atoms with van der Waals surface area (Å²) in [5.74, 6) is -1.41. The number of ether oxygens (including phenoxy) is 1. The summed E-state index contributed by atoms with van der Waals surface area (Å²) in [6, 6.07) is 0. The van der Waals surface area contributed by atoms with E-state index in [4.69, 9.17) is 25.2 Å². The Morgan fingerprint density at radius 1 is 1.14 bits per heavy atom. The summed E-state index contributed by atoms with van der Waals surface area (Å²) >= 11 is 0. The third kappa shape index (κ3) is 6.70. The molecule has 21 heteroatoms. The number of rotatable bonds is 9. The third-order valence-corrected chi connectivity index (χ3v) is 6.95. The summed E-state index contributed by atoms with van der Waals surface area (Å²) in [4.78, 5) is 49.8. The second-order valence-corrected chi connectivity index (χ2v) is 9.77. The van der Waals surface area contributed by atoms with Crippen molar-refractivity contribution in [1.82, 2.24) is 14.8 Å². The zero-order valence-corrected chi connectivity index (χ0v) is 16.5. The van der Waals surface area contributed by atoms with Crippen molar-refractivity contribution in [2.24, 2.45) is 5.73 Å². The maximum absolute atomic E-state index is 11.7. The van der Waals surface area contributed by atoms with Crippen molar-refractivity contribution in [1.29, 1.82) is 0 Å². The Balaban J connectivity index is 2.01. The first kappa shape index (κ1) is 24.2. The van der Waals surface area contributed by atoms with Gasteiger partial charge < -0.3 is 40.3 Å². The molecule has 4 unspecified atom stereocenters. The molecule has 0 radical (unpaired) electrons. The van der Waals surface area contributed by atoms with E-state index in [0.29, 0.717) is 0 Å². The van der Waals surface area contributed by atoms with Gasteiger partial charge in [-0.1, -0.05) is 0 Å². The molecule has 29 heavy (non-hydrogen) atoms. The van der Waals surface area contributed by atoms with Crippen LogP contribution in [0.2, 0.25) is 0 Å². The first-order valence-electron chi connectivity index (χ1n) is 7.11. The highest BCUT2D eigenvalue weighted by Crippen LogP contribution is 2.66. The van der Waals surface area contributed by atoms with Gasteiger partial charge in [-0.2, -0.15) is 8.62 Å². The molecular weight excluding hydrogens is 469 g/mol. The van der Waals surface area contributed by atoms with Gasteiger partial charge in [-0.15, -0.1) is 5.10 Å². The highest BCUT2D eigenvalue weighted by Gasteiger charge is 2.47. The van der Waals surface area contributed by atoms with Gasteiger partial charge in [0.15, 0.2) is 6.23 Å². The smallest absolute Gasteiger partial charge is 0.387 e. The van der Waals surface area contributed by atoms with E-state index in [0.717, 1.165) is 11.0 Å². The summed E-state index contributed by atoms with van der Waals surface area (Å²) in [5.41, 5.74) is 4.97. The number of nitrogens with zero attached hydrogens (tertiary/aromatic N) is 3. The molecule has 18 nitrogen and oxygen atoms in total. The number of carbonyl (C=O) groups is 1. The van der Waals surface area contributed by atoms with Crippen LogP contribution in [0.1, 0.15) is 16.8 Å². The van der Waals surface area contributed by atoms with Crippen molar-refractivity contribution in [2.75, 3.05) is 6.61 Å². The lowest BCUT2D eigenvalue weighted by atomic mass is 10.1. The average molecular weight is 484 g/mol. The van der Waals surface area contributed by atoms with E-state index < -0.39 is 66.3 Å². The lowest BCUT2D eigenvalue weighted by Gasteiger charge is -2.19. The molecule has 1 aliphatic heterocycles. The molecule has 0 aromatic carbocycles. The Bertz CT molecular complexity index is 899. The maximum atomic E-state index is 11.7. The summed E-state index contributed by atoms with van der Waals surface area (Å²) in [5, 5.41) is 23.5. The number of amides is 1. The van der Waals surface area contributed by atoms with Crippen molar-refractivity contribution < 1.29 is 66.2 Å². The van der Waals surface area contributed by atoms with Crippen LogP contribution in [0.3, 0.4) is 0 Å². The van der Waals surface area contributed by atoms with E-state index in [1.165, 1.54) is 0 Å². The molecule has 1 saturated heterocycles. The number of aliphatic hydroxyl groups is 2. The monoisotopic (exact) mass is 484 g/mol. The number of hydrogen-bond donors (Lipinski definition) is 7. The lowest BCUT2D eigenvalue weighted by molar-refractivity contribution is -0.0580. The summed E-state index contributed by atoms with van der Waals surface area (Å²) in [7, 11) is -16.7. The van der Waals surface area contributed by atoms with Crippen LogP contribution >= 0.6 is 23.5 Å². The van der Waals surface area contributed by atoms with Crippen molar-refractivity contribution in [3.05, 3.63) is 12.2 Å². The Morgan fingerprint density at radius 2 is 1.76 bits per heavy atom.